The number of fused-ring (bicyclic) bond motifs is 1. The third-order valence-electron chi connectivity index (χ3n) is 4.60. The Bertz CT molecular complexity index is 1370. The Balaban J connectivity index is 1.94. The molecule has 0 aliphatic carbocycles. The van der Waals surface area contributed by atoms with E-state index < -0.39 is 11.3 Å². The van der Waals surface area contributed by atoms with E-state index in [1.165, 1.54) is 11.4 Å². The second kappa shape index (κ2) is 8.04. The molecule has 3 N–H and O–H groups in total. The van der Waals surface area contributed by atoms with Crippen LogP contribution in [0.3, 0.4) is 0 Å². The number of benzene rings is 2. The summed E-state index contributed by atoms with van der Waals surface area (Å²) in [5, 5.41) is 13.2. The largest absolute Gasteiger partial charge is 0.497 e. The predicted octanol–water partition coefficient (Wildman–Crippen LogP) is 4.55. The van der Waals surface area contributed by atoms with Crippen molar-refractivity contribution < 1.29 is 9.53 Å². The van der Waals surface area contributed by atoms with Crippen molar-refractivity contribution in [3.8, 4) is 17.0 Å². The fourth-order valence-corrected chi connectivity index (χ4v) is 3.27. The molecule has 9 nitrogen and oxygen atoms in total. The Morgan fingerprint density at radius 3 is 2.42 bits per heavy atom. The lowest BCUT2D eigenvalue weighted by atomic mass is 10.0. The molecule has 0 aliphatic rings. The van der Waals surface area contributed by atoms with E-state index in [0.717, 1.165) is 0 Å². The Kier molecular flexibility index (Phi) is 5.26. The summed E-state index contributed by atoms with van der Waals surface area (Å²) in [6.07, 6.45) is 0. The fraction of sp³-hybridized carbons (Fsp3) is 0.0952. The van der Waals surface area contributed by atoms with Crippen LogP contribution in [0.1, 0.15) is 17.3 Å². The molecule has 0 aliphatic heterocycles. The number of aromatic nitrogens is 3. The van der Waals surface area contributed by atoms with Gasteiger partial charge in [-0.1, -0.05) is 11.6 Å². The summed E-state index contributed by atoms with van der Waals surface area (Å²) >= 11 is 5.89. The van der Waals surface area contributed by atoms with E-state index in [9.17, 15) is 9.59 Å². The van der Waals surface area contributed by atoms with Crippen LogP contribution >= 0.6 is 11.6 Å². The van der Waals surface area contributed by atoms with E-state index in [1.807, 2.05) is 0 Å². The third kappa shape index (κ3) is 3.78. The lowest BCUT2D eigenvalue weighted by Gasteiger charge is -2.10. The number of ether oxygens (including phenoxy) is 1. The number of nitrogens with two attached hydrogens (primary N) is 1. The van der Waals surface area contributed by atoms with Crippen LogP contribution in [0.15, 0.2) is 63.6 Å². The minimum Gasteiger partial charge on any atom is -0.497 e. The number of nitrogens with one attached hydrogen (secondary N) is 1. The van der Waals surface area contributed by atoms with Gasteiger partial charge in [0.25, 0.3) is 5.56 Å². The summed E-state index contributed by atoms with van der Waals surface area (Å²) in [6, 6.07) is 13.6. The number of methoxy groups -OCH3 is 1. The molecule has 0 amide bonds. The van der Waals surface area contributed by atoms with Crippen LogP contribution in [-0.4, -0.2) is 27.5 Å². The van der Waals surface area contributed by atoms with Crippen LogP contribution in [0, 0.1) is 0 Å². The van der Waals surface area contributed by atoms with Gasteiger partial charge in [-0.2, -0.15) is 5.11 Å². The maximum absolute atomic E-state index is 12.8. The first-order valence-electron chi connectivity index (χ1n) is 9.16. The third-order valence-corrected chi connectivity index (χ3v) is 4.85. The summed E-state index contributed by atoms with van der Waals surface area (Å²) in [5.41, 5.74) is 7.29. The highest BCUT2D eigenvalue weighted by atomic mass is 35.5. The maximum atomic E-state index is 12.8. The molecular formula is C21H17ClN6O3. The van der Waals surface area contributed by atoms with Crippen molar-refractivity contribution in [3.05, 3.63) is 69.5 Å². The standard InChI is InChI=1S/C21H17ClN6O3/c1-11(29)16-18(12-3-9-15(31-2)10-4-12)28-20(24-21(16)30)17(19(23)27-28)26-25-14-7-5-13(22)6-8-14/h3-10H,1-2H3,(H2,23,27)(H,24,30). The van der Waals surface area contributed by atoms with Crippen molar-refractivity contribution in [1.82, 2.24) is 14.6 Å². The van der Waals surface area contributed by atoms with E-state index in [2.05, 4.69) is 20.3 Å². The first-order chi connectivity index (χ1) is 14.9. The fourth-order valence-electron chi connectivity index (χ4n) is 3.14. The van der Waals surface area contributed by atoms with Gasteiger partial charge in [-0.05, 0) is 55.5 Å². The molecule has 0 saturated carbocycles. The van der Waals surface area contributed by atoms with Crippen molar-refractivity contribution in [2.24, 2.45) is 10.2 Å². The molecule has 0 saturated heterocycles. The summed E-state index contributed by atoms with van der Waals surface area (Å²) < 4.78 is 6.58. The van der Waals surface area contributed by atoms with E-state index in [0.29, 0.717) is 27.7 Å². The SMILES string of the molecule is COc1ccc(-c2c(C(C)=O)c(=O)[nH]c3c(N=Nc4ccc(Cl)cc4)c(N)nn23)cc1. The normalized spacial score (nSPS) is 11.3. The highest BCUT2D eigenvalue weighted by Gasteiger charge is 2.22. The van der Waals surface area contributed by atoms with Crippen molar-refractivity contribution in [1.29, 1.82) is 0 Å². The highest BCUT2D eigenvalue weighted by molar-refractivity contribution is 6.30. The number of aromatic amines is 1. The zero-order valence-corrected chi connectivity index (χ0v) is 17.3. The number of nitrogen functional groups attached to an aromatic ring is 1. The van der Waals surface area contributed by atoms with Gasteiger partial charge in [0.1, 0.15) is 11.3 Å². The van der Waals surface area contributed by atoms with Crippen LogP contribution in [0.25, 0.3) is 16.9 Å². The van der Waals surface area contributed by atoms with Gasteiger partial charge >= 0.3 is 0 Å². The summed E-state index contributed by atoms with van der Waals surface area (Å²) in [6.45, 7) is 1.32. The molecule has 0 unspecified atom stereocenters. The molecule has 2 heterocycles. The number of hydrogen-bond acceptors (Lipinski definition) is 7. The van der Waals surface area contributed by atoms with Crippen LogP contribution in [0.5, 0.6) is 5.75 Å². The molecule has 0 spiro atoms. The molecule has 2 aromatic carbocycles. The van der Waals surface area contributed by atoms with Gasteiger partial charge in [-0.25, -0.2) is 4.52 Å². The highest BCUT2D eigenvalue weighted by Crippen LogP contribution is 2.32. The van der Waals surface area contributed by atoms with Gasteiger partial charge < -0.3 is 15.5 Å². The number of ketones is 1. The zero-order valence-electron chi connectivity index (χ0n) is 16.6. The molecule has 0 fully saturated rings. The monoisotopic (exact) mass is 436 g/mol. The lowest BCUT2D eigenvalue weighted by Crippen LogP contribution is -2.21. The number of halogens is 1. The number of carbonyl (C=O) groups excluding carboxylic acids is 1. The number of anilines is 1. The maximum Gasteiger partial charge on any atom is 0.262 e. The Hall–Kier alpha value is -3.98. The number of nitrogens with zero attached hydrogens (tertiary/aromatic N) is 4. The molecule has 0 atom stereocenters. The van der Waals surface area contributed by atoms with Crippen LogP contribution < -0.4 is 16.0 Å². The molecule has 4 rings (SSSR count). The van der Waals surface area contributed by atoms with Gasteiger partial charge in [0.2, 0.25) is 0 Å². The van der Waals surface area contributed by atoms with Crippen LogP contribution in [0.2, 0.25) is 5.02 Å². The molecule has 156 valence electrons. The molecule has 2 aromatic heterocycles. The van der Waals surface area contributed by atoms with Gasteiger partial charge in [-0.15, -0.1) is 10.2 Å². The number of carbonyl (C=O) groups is 1. The average Bonchev–Trinajstić information content (AvgIpc) is 3.07. The Morgan fingerprint density at radius 2 is 1.81 bits per heavy atom. The minimum absolute atomic E-state index is 0.0404. The van der Waals surface area contributed by atoms with Gasteiger partial charge in [0.15, 0.2) is 22.9 Å². The minimum atomic E-state index is -0.575. The van der Waals surface area contributed by atoms with E-state index in [1.54, 1.807) is 55.6 Å². The number of Topliss-reactive ketones (excluding diaryl/α,β-unsaturated/α-hetero) is 1. The first-order valence-corrected chi connectivity index (χ1v) is 9.54. The quantitative estimate of drug-likeness (QED) is 0.350. The molecule has 31 heavy (non-hydrogen) atoms. The van der Waals surface area contributed by atoms with Crippen molar-refractivity contribution in [3.63, 3.8) is 0 Å². The van der Waals surface area contributed by atoms with E-state index in [4.69, 9.17) is 22.1 Å². The molecular weight excluding hydrogens is 420 g/mol. The lowest BCUT2D eigenvalue weighted by molar-refractivity contribution is 0.101. The predicted molar refractivity (Wildman–Crippen MR) is 118 cm³/mol. The molecule has 0 bridgehead atoms. The van der Waals surface area contributed by atoms with Crippen LogP contribution in [0.4, 0.5) is 17.2 Å². The Morgan fingerprint density at radius 1 is 1.13 bits per heavy atom. The summed E-state index contributed by atoms with van der Waals surface area (Å²) in [5.74, 6) is 0.267. The zero-order chi connectivity index (χ0) is 22.1. The second-order valence-electron chi connectivity index (χ2n) is 6.63. The average molecular weight is 437 g/mol. The molecule has 0 radical (unpaired) electrons. The van der Waals surface area contributed by atoms with Gasteiger partial charge in [0, 0.05) is 10.6 Å². The number of H-pyrrole nitrogens is 1. The molecule has 4 aromatic rings. The van der Waals surface area contributed by atoms with Crippen LogP contribution in [-0.2, 0) is 0 Å². The number of hydrogen-bond donors (Lipinski definition) is 2. The summed E-state index contributed by atoms with van der Waals surface area (Å²) in [7, 11) is 1.55. The van der Waals surface area contributed by atoms with Crippen molar-refractivity contribution in [2.75, 3.05) is 12.8 Å². The smallest absolute Gasteiger partial charge is 0.262 e. The summed E-state index contributed by atoms with van der Waals surface area (Å²) in [4.78, 5) is 27.7. The number of rotatable bonds is 5. The second-order valence-corrected chi connectivity index (χ2v) is 7.07. The van der Waals surface area contributed by atoms with Crippen molar-refractivity contribution in [2.45, 2.75) is 6.92 Å². The van der Waals surface area contributed by atoms with Crippen molar-refractivity contribution >= 4 is 40.2 Å². The molecule has 10 heteroatoms. The Labute approximate surface area is 181 Å². The van der Waals surface area contributed by atoms with Gasteiger partial charge in [-0.3, -0.25) is 9.59 Å². The topological polar surface area (TPSA) is 127 Å². The number of azo groups is 1. The first kappa shape index (κ1) is 20.3. The van der Waals surface area contributed by atoms with E-state index >= 15 is 0 Å². The van der Waals surface area contributed by atoms with Gasteiger partial charge in [0.05, 0.1) is 18.5 Å². The van der Waals surface area contributed by atoms with E-state index in [-0.39, 0.29) is 22.7 Å².